The highest BCUT2D eigenvalue weighted by atomic mass is 19.4. The molecule has 1 N–H and O–H groups in total. The number of fused-ring (bicyclic) bond motifs is 1. The molecular weight excluding hydrogens is 573 g/mol. The van der Waals surface area contributed by atoms with Crippen molar-refractivity contribution in [1.29, 1.82) is 0 Å². The van der Waals surface area contributed by atoms with Crippen LogP contribution in [-0.2, 0) is 19.8 Å². The second-order valence-corrected chi connectivity index (χ2v) is 10.7. The fourth-order valence-corrected chi connectivity index (χ4v) is 5.00. The molecule has 10 nitrogen and oxygen atoms in total. The van der Waals surface area contributed by atoms with Crippen molar-refractivity contribution in [3.63, 3.8) is 0 Å². The molecule has 6 rings (SSSR count). The minimum atomic E-state index is -4.56. The molecule has 1 saturated heterocycles. The summed E-state index contributed by atoms with van der Waals surface area (Å²) in [6, 6.07) is 13.6. The number of benzene rings is 2. The summed E-state index contributed by atoms with van der Waals surface area (Å²) in [5.74, 6) is 0.372. The van der Waals surface area contributed by atoms with E-state index >= 15 is 0 Å². The van der Waals surface area contributed by atoms with Crippen LogP contribution in [0.25, 0.3) is 22.4 Å². The Morgan fingerprint density at radius 2 is 1.75 bits per heavy atom. The van der Waals surface area contributed by atoms with Gasteiger partial charge < -0.3 is 15.0 Å². The highest BCUT2D eigenvalue weighted by Gasteiger charge is 2.31. The molecule has 0 spiro atoms. The molecule has 0 aliphatic carbocycles. The Kier molecular flexibility index (Phi) is 7.97. The third-order valence-electron chi connectivity index (χ3n) is 7.39. The summed E-state index contributed by atoms with van der Waals surface area (Å²) in [7, 11) is 3.77. The van der Waals surface area contributed by atoms with Crippen LogP contribution in [0.3, 0.4) is 0 Å². The molecule has 4 heterocycles. The fourth-order valence-electron chi connectivity index (χ4n) is 5.00. The largest absolute Gasteiger partial charge is 0.438 e. The van der Waals surface area contributed by atoms with Gasteiger partial charge in [-0.1, -0.05) is 6.07 Å². The van der Waals surface area contributed by atoms with E-state index in [1.165, 1.54) is 6.07 Å². The highest BCUT2D eigenvalue weighted by molar-refractivity contribution is 6.04. The number of likely N-dealkylation sites (N-methyl/N-ethyl adjacent to an activating group) is 1. The van der Waals surface area contributed by atoms with Crippen molar-refractivity contribution in [3.8, 4) is 23.0 Å². The Bertz CT molecular complexity index is 1800. The molecule has 0 saturated carbocycles. The number of hydrogen-bond acceptors (Lipinski definition) is 8. The standard InChI is InChI=1S/C31H29F3N8O2/c1-40-10-12-42(13-11-40)19-20-14-23(31(32,33)34)17-24(15-20)37-29(43)22-4-3-5-25(16-22)44-30-26-18-36-41(2)28(26)38-27(39-30)21-6-8-35-9-7-21/h3-9,14-18H,10-13,19H2,1-2H3,(H,37,43). The van der Waals surface area contributed by atoms with E-state index in [2.05, 4.69) is 35.2 Å². The zero-order chi connectivity index (χ0) is 30.8. The molecule has 0 bridgehead atoms. The lowest BCUT2D eigenvalue weighted by atomic mass is 10.1. The number of amides is 1. The van der Waals surface area contributed by atoms with Crippen molar-refractivity contribution in [3.05, 3.63) is 89.9 Å². The predicted octanol–water partition coefficient (Wildman–Crippen LogP) is 5.24. The monoisotopic (exact) mass is 602 g/mol. The van der Waals surface area contributed by atoms with Gasteiger partial charge in [0, 0.05) is 69.0 Å². The molecule has 0 atom stereocenters. The van der Waals surface area contributed by atoms with E-state index in [-0.39, 0.29) is 17.1 Å². The molecule has 44 heavy (non-hydrogen) atoms. The maximum atomic E-state index is 13.8. The van der Waals surface area contributed by atoms with Gasteiger partial charge in [-0.2, -0.15) is 23.3 Å². The summed E-state index contributed by atoms with van der Waals surface area (Å²) < 4.78 is 49.1. The lowest BCUT2D eigenvalue weighted by Gasteiger charge is -2.32. The number of hydrogen-bond donors (Lipinski definition) is 1. The zero-order valence-corrected chi connectivity index (χ0v) is 24.0. The molecule has 1 fully saturated rings. The first-order valence-electron chi connectivity index (χ1n) is 13.9. The Hall–Kier alpha value is -4.88. The molecule has 226 valence electrons. The van der Waals surface area contributed by atoms with Gasteiger partial charge in [0.1, 0.15) is 11.1 Å². The molecule has 13 heteroatoms. The van der Waals surface area contributed by atoms with Crippen LogP contribution in [0.4, 0.5) is 18.9 Å². The SMILES string of the molecule is CN1CCN(Cc2cc(NC(=O)c3cccc(Oc4nc(-c5ccncc5)nc5c4cnn5C)c3)cc(C(F)(F)F)c2)CC1. The summed E-state index contributed by atoms with van der Waals surface area (Å²) in [6.45, 7) is 3.54. The molecule has 0 unspecified atom stereocenters. The van der Waals surface area contributed by atoms with Crippen molar-refractivity contribution in [2.45, 2.75) is 12.7 Å². The molecule has 2 aromatic carbocycles. The van der Waals surface area contributed by atoms with E-state index in [4.69, 9.17) is 4.74 Å². The fraction of sp³-hybridized carbons (Fsp3) is 0.258. The molecule has 5 aromatic rings. The maximum Gasteiger partial charge on any atom is 0.416 e. The first-order valence-corrected chi connectivity index (χ1v) is 13.9. The van der Waals surface area contributed by atoms with Crippen LogP contribution < -0.4 is 10.1 Å². The molecular formula is C31H29F3N8O2. The first-order chi connectivity index (χ1) is 21.1. The van der Waals surface area contributed by atoms with E-state index < -0.39 is 17.6 Å². The quantitative estimate of drug-likeness (QED) is 0.270. The lowest BCUT2D eigenvalue weighted by molar-refractivity contribution is -0.137. The molecule has 1 amide bonds. The van der Waals surface area contributed by atoms with Crippen LogP contribution in [0, 0.1) is 0 Å². The average molecular weight is 603 g/mol. The van der Waals surface area contributed by atoms with E-state index in [1.807, 2.05) is 7.05 Å². The summed E-state index contributed by atoms with van der Waals surface area (Å²) in [6.07, 6.45) is 0.295. The van der Waals surface area contributed by atoms with Gasteiger partial charge in [0.15, 0.2) is 11.5 Å². The van der Waals surface area contributed by atoms with Gasteiger partial charge in [-0.05, 0) is 61.1 Å². The third-order valence-corrected chi connectivity index (χ3v) is 7.39. The smallest absolute Gasteiger partial charge is 0.416 e. The van der Waals surface area contributed by atoms with Crippen LogP contribution in [0.1, 0.15) is 21.5 Å². The number of carbonyl (C=O) groups is 1. The predicted molar refractivity (Wildman–Crippen MR) is 158 cm³/mol. The minimum absolute atomic E-state index is 0.0649. The molecule has 3 aromatic heterocycles. The van der Waals surface area contributed by atoms with Gasteiger partial charge in [-0.3, -0.25) is 19.4 Å². The van der Waals surface area contributed by atoms with Crippen LogP contribution >= 0.6 is 0 Å². The Morgan fingerprint density at radius 3 is 2.50 bits per heavy atom. The summed E-state index contributed by atoms with van der Waals surface area (Å²) in [5.41, 5.74) is 1.21. The van der Waals surface area contributed by atoms with Gasteiger partial charge in [0.05, 0.1) is 11.8 Å². The van der Waals surface area contributed by atoms with Crippen LogP contribution in [-0.4, -0.2) is 73.7 Å². The number of alkyl halides is 3. The van der Waals surface area contributed by atoms with Crippen molar-refractivity contribution in [2.75, 3.05) is 38.5 Å². The number of piperazine rings is 1. The van der Waals surface area contributed by atoms with E-state index in [9.17, 15) is 18.0 Å². The van der Waals surface area contributed by atoms with Crippen molar-refractivity contribution in [1.82, 2.24) is 34.5 Å². The summed E-state index contributed by atoms with van der Waals surface area (Å²) in [4.78, 5) is 30.8. The third kappa shape index (κ3) is 6.53. The molecule has 0 radical (unpaired) electrons. The Balaban J connectivity index is 1.25. The van der Waals surface area contributed by atoms with Gasteiger partial charge in [-0.25, -0.2) is 4.98 Å². The van der Waals surface area contributed by atoms with Gasteiger partial charge >= 0.3 is 6.18 Å². The van der Waals surface area contributed by atoms with Crippen LogP contribution in [0.5, 0.6) is 11.6 Å². The minimum Gasteiger partial charge on any atom is -0.438 e. The van der Waals surface area contributed by atoms with Crippen molar-refractivity contribution >= 4 is 22.6 Å². The van der Waals surface area contributed by atoms with E-state index in [0.717, 1.165) is 43.9 Å². The van der Waals surface area contributed by atoms with Gasteiger partial charge in [0.25, 0.3) is 5.91 Å². The topological polar surface area (TPSA) is 101 Å². The van der Waals surface area contributed by atoms with Crippen LogP contribution in [0.2, 0.25) is 0 Å². The second-order valence-electron chi connectivity index (χ2n) is 10.7. The molecule has 1 aliphatic heterocycles. The number of rotatable bonds is 7. The number of pyridine rings is 1. The van der Waals surface area contributed by atoms with Gasteiger partial charge in [0.2, 0.25) is 5.88 Å². The Morgan fingerprint density at radius 1 is 0.977 bits per heavy atom. The summed E-state index contributed by atoms with van der Waals surface area (Å²) in [5, 5.41) is 7.48. The van der Waals surface area contributed by atoms with Crippen LogP contribution in [0.15, 0.2) is 73.2 Å². The number of nitrogens with one attached hydrogen (secondary N) is 1. The van der Waals surface area contributed by atoms with E-state index in [1.54, 1.807) is 66.7 Å². The number of carbonyl (C=O) groups excluding carboxylic acids is 1. The van der Waals surface area contributed by atoms with Crippen molar-refractivity contribution < 1.29 is 22.7 Å². The zero-order valence-electron chi connectivity index (χ0n) is 24.0. The second kappa shape index (κ2) is 12.0. The van der Waals surface area contributed by atoms with Crippen molar-refractivity contribution in [2.24, 2.45) is 7.05 Å². The van der Waals surface area contributed by atoms with E-state index in [0.29, 0.717) is 34.7 Å². The number of aromatic nitrogens is 5. The first kappa shape index (κ1) is 29.2. The number of ether oxygens (including phenoxy) is 1. The Labute approximate surface area is 251 Å². The number of halogens is 3. The number of nitrogens with zero attached hydrogens (tertiary/aromatic N) is 7. The number of aryl methyl sites for hydroxylation is 1. The average Bonchev–Trinajstić information content (AvgIpc) is 3.39. The van der Waals surface area contributed by atoms with Gasteiger partial charge in [-0.15, -0.1) is 0 Å². The highest BCUT2D eigenvalue weighted by Crippen LogP contribution is 2.33. The lowest BCUT2D eigenvalue weighted by Crippen LogP contribution is -2.43. The summed E-state index contributed by atoms with van der Waals surface area (Å²) >= 11 is 0. The maximum absolute atomic E-state index is 13.8. The molecule has 1 aliphatic rings. The number of anilines is 1. The normalized spacial score (nSPS) is 14.6.